The van der Waals surface area contributed by atoms with E-state index in [0.717, 1.165) is 17.1 Å². The van der Waals surface area contributed by atoms with E-state index >= 15 is 0 Å². The highest BCUT2D eigenvalue weighted by Gasteiger charge is 2.13. The molecule has 120 valence electrons. The van der Waals surface area contributed by atoms with Crippen LogP contribution in [-0.4, -0.2) is 15.5 Å². The third-order valence-electron chi connectivity index (χ3n) is 3.52. The Labute approximate surface area is 141 Å². The minimum absolute atomic E-state index is 0.116. The molecule has 4 nitrogen and oxygen atoms in total. The summed E-state index contributed by atoms with van der Waals surface area (Å²) in [6.07, 6.45) is 1.89. The molecule has 0 unspecified atom stereocenters. The van der Waals surface area contributed by atoms with Crippen LogP contribution in [0.4, 0.5) is 0 Å². The molecule has 4 heteroatoms. The molecule has 0 fully saturated rings. The predicted molar refractivity (Wildman–Crippen MR) is 93.6 cm³/mol. The maximum absolute atomic E-state index is 11.6. The van der Waals surface area contributed by atoms with Crippen LogP contribution in [0, 0.1) is 0 Å². The van der Waals surface area contributed by atoms with Crippen LogP contribution in [0.3, 0.4) is 0 Å². The number of esters is 1. The second-order valence-corrected chi connectivity index (χ2v) is 5.48. The Kier molecular flexibility index (Phi) is 4.57. The molecule has 0 spiro atoms. The molecule has 0 N–H and O–H groups in total. The van der Waals surface area contributed by atoms with E-state index in [9.17, 15) is 4.79 Å². The summed E-state index contributed by atoms with van der Waals surface area (Å²) < 4.78 is 7.21. The number of nitrogens with zero attached hydrogens (tertiary/aromatic N) is 2. The summed E-state index contributed by atoms with van der Waals surface area (Å²) >= 11 is 0. The number of benzene rings is 2. The zero-order chi connectivity index (χ0) is 16.9. The van der Waals surface area contributed by atoms with Gasteiger partial charge in [-0.15, -0.1) is 0 Å². The quantitative estimate of drug-likeness (QED) is 0.524. The van der Waals surface area contributed by atoms with Crippen molar-refractivity contribution in [1.82, 2.24) is 9.55 Å². The Balaban J connectivity index is 1.97. The normalized spacial score (nSPS) is 10.4. The van der Waals surface area contributed by atoms with E-state index in [1.54, 1.807) is 6.92 Å². The molecule has 24 heavy (non-hydrogen) atoms. The van der Waals surface area contributed by atoms with Gasteiger partial charge in [0.25, 0.3) is 0 Å². The first-order valence-electron chi connectivity index (χ1n) is 7.67. The fourth-order valence-electron chi connectivity index (χ4n) is 2.34. The number of carbonyl (C=O) groups is 1. The molecule has 2 aromatic carbocycles. The average molecular weight is 318 g/mol. The standard InChI is InChI=1S/C20H18N2O2/c1-15(2)20(23)24-14-17-13-22(18-11-7-4-8-12-18)19(21-17)16-9-5-3-6-10-16/h3-13H,1,14H2,2H3. The molecule has 0 saturated heterocycles. The first kappa shape index (κ1) is 15.7. The first-order chi connectivity index (χ1) is 11.6. The molecule has 0 aliphatic heterocycles. The van der Waals surface area contributed by atoms with Crippen molar-refractivity contribution in [2.45, 2.75) is 13.5 Å². The number of rotatable bonds is 5. The summed E-state index contributed by atoms with van der Waals surface area (Å²) in [5, 5.41) is 0. The van der Waals surface area contributed by atoms with Crippen LogP contribution in [-0.2, 0) is 16.1 Å². The molecule has 0 radical (unpaired) electrons. The van der Waals surface area contributed by atoms with Crippen molar-refractivity contribution >= 4 is 5.97 Å². The van der Waals surface area contributed by atoms with Gasteiger partial charge < -0.3 is 4.74 Å². The fraction of sp³-hybridized carbons (Fsp3) is 0.100. The number of hydrogen-bond acceptors (Lipinski definition) is 3. The van der Waals surface area contributed by atoms with Crippen LogP contribution in [0.15, 0.2) is 79.0 Å². The molecule has 3 rings (SSSR count). The highest BCUT2D eigenvalue weighted by Crippen LogP contribution is 2.23. The van der Waals surface area contributed by atoms with Crippen molar-refractivity contribution in [2.24, 2.45) is 0 Å². The van der Waals surface area contributed by atoms with Crippen LogP contribution in [0.25, 0.3) is 17.1 Å². The van der Waals surface area contributed by atoms with Gasteiger partial charge in [0, 0.05) is 23.0 Å². The number of carbonyl (C=O) groups excluding carboxylic acids is 1. The molecule has 0 bridgehead atoms. The maximum atomic E-state index is 11.6. The van der Waals surface area contributed by atoms with Crippen LogP contribution in [0.5, 0.6) is 0 Å². The van der Waals surface area contributed by atoms with Gasteiger partial charge >= 0.3 is 5.97 Å². The van der Waals surface area contributed by atoms with Crippen LogP contribution >= 0.6 is 0 Å². The summed E-state index contributed by atoms with van der Waals surface area (Å²) in [7, 11) is 0. The monoisotopic (exact) mass is 318 g/mol. The van der Waals surface area contributed by atoms with Gasteiger partial charge in [-0.05, 0) is 19.1 Å². The molecule has 0 saturated carbocycles. The molecular weight excluding hydrogens is 300 g/mol. The number of ether oxygens (including phenoxy) is 1. The second kappa shape index (κ2) is 6.96. The zero-order valence-corrected chi connectivity index (χ0v) is 13.5. The Morgan fingerprint density at radius 1 is 1.08 bits per heavy atom. The number of imidazole rings is 1. The van der Waals surface area contributed by atoms with Crippen molar-refractivity contribution in [1.29, 1.82) is 0 Å². The Bertz CT molecular complexity index is 795. The van der Waals surface area contributed by atoms with Crippen molar-refractivity contribution in [3.8, 4) is 17.1 Å². The molecular formula is C20H18N2O2. The number of para-hydroxylation sites is 1. The zero-order valence-electron chi connectivity index (χ0n) is 13.5. The van der Waals surface area contributed by atoms with E-state index in [-0.39, 0.29) is 6.61 Å². The van der Waals surface area contributed by atoms with E-state index in [2.05, 4.69) is 11.6 Å². The fourth-order valence-corrected chi connectivity index (χ4v) is 2.34. The third kappa shape index (κ3) is 3.43. The summed E-state index contributed by atoms with van der Waals surface area (Å²) in [5.41, 5.74) is 3.06. The van der Waals surface area contributed by atoms with E-state index in [1.165, 1.54) is 0 Å². The first-order valence-corrected chi connectivity index (χ1v) is 7.67. The van der Waals surface area contributed by atoms with Gasteiger partial charge in [-0.3, -0.25) is 4.57 Å². The highest BCUT2D eigenvalue weighted by atomic mass is 16.5. The third-order valence-corrected chi connectivity index (χ3v) is 3.52. The summed E-state index contributed by atoms with van der Waals surface area (Å²) in [6.45, 7) is 5.33. The van der Waals surface area contributed by atoms with Crippen LogP contribution in [0.2, 0.25) is 0 Å². The van der Waals surface area contributed by atoms with E-state index in [1.807, 2.05) is 71.4 Å². The molecule has 0 aliphatic rings. The number of hydrogen-bond donors (Lipinski definition) is 0. The molecule has 1 heterocycles. The molecule has 0 aliphatic carbocycles. The molecule has 3 aromatic rings. The Morgan fingerprint density at radius 2 is 1.71 bits per heavy atom. The lowest BCUT2D eigenvalue weighted by molar-refractivity contribution is -0.140. The van der Waals surface area contributed by atoms with Gasteiger partial charge in [0.2, 0.25) is 0 Å². The van der Waals surface area contributed by atoms with Crippen molar-refractivity contribution in [3.05, 3.63) is 84.7 Å². The maximum Gasteiger partial charge on any atom is 0.333 e. The minimum Gasteiger partial charge on any atom is -0.456 e. The summed E-state index contributed by atoms with van der Waals surface area (Å²) in [4.78, 5) is 16.2. The van der Waals surface area contributed by atoms with Gasteiger partial charge in [0.15, 0.2) is 0 Å². The van der Waals surface area contributed by atoms with Gasteiger partial charge in [0.05, 0.1) is 5.69 Å². The van der Waals surface area contributed by atoms with Crippen molar-refractivity contribution in [2.75, 3.05) is 0 Å². The van der Waals surface area contributed by atoms with Crippen LogP contribution in [0.1, 0.15) is 12.6 Å². The smallest absolute Gasteiger partial charge is 0.333 e. The average Bonchev–Trinajstić information content (AvgIpc) is 3.05. The van der Waals surface area contributed by atoms with Gasteiger partial charge in [-0.1, -0.05) is 55.1 Å². The lowest BCUT2D eigenvalue weighted by atomic mass is 10.2. The summed E-state index contributed by atoms with van der Waals surface area (Å²) in [5.74, 6) is 0.397. The Hall–Kier alpha value is -3.14. The van der Waals surface area contributed by atoms with Crippen molar-refractivity contribution < 1.29 is 9.53 Å². The largest absolute Gasteiger partial charge is 0.456 e. The lowest BCUT2D eigenvalue weighted by Gasteiger charge is -2.07. The predicted octanol–water partition coefficient (Wildman–Crippen LogP) is 4.16. The van der Waals surface area contributed by atoms with E-state index in [0.29, 0.717) is 11.3 Å². The minimum atomic E-state index is -0.412. The summed E-state index contributed by atoms with van der Waals surface area (Å²) in [6, 6.07) is 19.9. The van der Waals surface area contributed by atoms with Gasteiger partial charge in [-0.2, -0.15) is 0 Å². The second-order valence-electron chi connectivity index (χ2n) is 5.48. The van der Waals surface area contributed by atoms with E-state index in [4.69, 9.17) is 4.74 Å². The highest BCUT2D eigenvalue weighted by molar-refractivity contribution is 5.86. The lowest BCUT2D eigenvalue weighted by Crippen LogP contribution is -2.04. The molecule has 1 aromatic heterocycles. The van der Waals surface area contributed by atoms with Crippen LogP contribution < -0.4 is 0 Å². The van der Waals surface area contributed by atoms with E-state index < -0.39 is 5.97 Å². The van der Waals surface area contributed by atoms with Gasteiger partial charge in [0.1, 0.15) is 12.4 Å². The molecule has 0 atom stereocenters. The van der Waals surface area contributed by atoms with Crippen molar-refractivity contribution in [3.63, 3.8) is 0 Å². The number of aromatic nitrogens is 2. The SMILES string of the molecule is C=C(C)C(=O)OCc1cn(-c2ccccc2)c(-c2ccccc2)n1. The topological polar surface area (TPSA) is 44.1 Å². The molecule has 0 amide bonds. The van der Waals surface area contributed by atoms with Gasteiger partial charge in [-0.25, -0.2) is 9.78 Å². The Morgan fingerprint density at radius 3 is 2.33 bits per heavy atom.